The van der Waals surface area contributed by atoms with Gasteiger partial charge in [-0.1, -0.05) is 12.1 Å². The molecule has 0 spiro atoms. The van der Waals surface area contributed by atoms with E-state index < -0.39 is 18.7 Å². The zero-order valence-electron chi connectivity index (χ0n) is 14.2. The molecule has 9 heteroatoms. The molecule has 1 aromatic heterocycles. The average Bonchev–Trinajstić information content (AvgIpc) is 2.66. The molecule has 1 aliphatic rings. The van der Waals surface area contributed by atoms with E-state index in [1.165, 1.54) is 29.3 Å². The zero-order valence-corrected chi connectivity index (χ0v) is 14.2. The van der Waals surface area contributed by atoms with E-state index >= 15 is 0 Å². The van der Waals surface area contributed by atoms with Gasteiger partial charge >= 0.3 is 6.18 Å². The number of carbonyl (C=O) groups excluding carboxylic acids is 1. The Morgan fingerprint density at radius 2 is 1.78 bits per heavy atom. The lowest BCUT2D eigenvalue weighted by molar-refractivity contribution is -0.154. The fourth-order valence-electron chi connectivity index (χ4n) is 2.85. The quantitative estimate of drug-likeness (QED) is 0.761. The largest absolute Gasteiger partial charge is 0.467 e. The van der Waals surface area contributed by atoms with Crippen molar-refractivity contribution < 1.29 is 27.1 Å². The molecular formula is C18H17F4N3O2. The minimum absolute atomic E-state index is 0.0268. The summed E-state index contributed by atoms with van der Waals surface area (Å²) in [5, 5.41) is 0. The van der Waals surface area contributed by atoms with Crippen molar-refractivity contribution in [1.29, 1.82) is 0 Å². The summed E-state index contributed by atoms with van der Waals surface area (Å²) in [4.78, 5) is 19.7. The maximum absolute atomic E-state index is 13.9. The summed E-state index contributed by atoms with van der Waals surface area (Å²) < 4.78 is 55.7. The number of hydrogen-bond donors (Lipinski definition) is 0. The first-order chi connectivity index (χ1) is 12.8. The number of alkyl halides is 3. The predicted molar refractivity (Wildman–Crippen MR) is 90.3 cm³/mol. The molecule has 0 bridgehead atoms. The summed E-state index contributed by atoms with van der Waals surface area (Å²) in [5.41, 5.74) is 0.432. The third-order valence-corrected chi connectivity index (χ3v) is 4.13. The minimum atomic E-state index is -4.52. The van der Waals surface area contributed by atoms with Crippen LogP contribution in [0.5, 0.6) is 5.88 Å². The van der Waals surface area contributed by atoms with Crippen LogP contribution in [0, 0.1) is 5.82 Å². The molecule has 3 rings (SSSR count). The second kappa shape index (κ2) is 7.81. The average molecular weight is 383 g/mol. The Morgan fingerprint density at radius 1 is 1.07 bits per heavy atom. The van der Waals surface area contributed by atoms with Gasteiger partial charge in [0.2, 0.25) is 5.88 Å². The van der Waals surface area contributed by atoms with Gasteiger partial charge in [-0.3, -0.25) is 4.79 Å². The van der Waals surface area contributed by atoms with E-state index in [4.69, 9.17) is 0 Å². The van der Waals surface area contributed by atoms with Crippen molar-refractivity contribution in [2.75, 3.05) is 37.7 Å². The summed E-state index contributed by atoms with van der Waals surface area (Å²) >= 11 is 0. The van der Waals surface area contributed by atoms with E-state index in [1.54, 1.807) is 18.2 Å². The molecule has 1 saturated heterocycles. The van der Waals surface area contributed by atoms with E-state index in [2.05, 4.69) is 9.72 Å². The lowest BCUT2D eigenvalue weighted by Crippen LogP contribution is -2.49. The molecule has 0 N–H and O–H groups in total. The third-order valence-electron chi connectivity index (χ3n) is 4.13. The second-order valence-corrected chi connectivity index (χ2v) is 5.99. The number of anilines is 1. The monoisotopic (exact) mass is 383 g/mol. The highest BCUT2D eigenvalue weighted by molar-refractivity contribution is 5.96. The number of rotatable bonds is 4. The Bertz CT molecular complexity index is 805. The molecule has 1 amide bonds. The Labute approximate surface area is 153 Å². The third kappa shape index (κ3) is 4.66. The molecule has 5 nitrogen and oxygen atoms in total. The van der Waals surface area contributed by atoms with E-state index in [-0.39, 0.29) is 17.3 Å². The van der Waals surface area contributed by atoms with Gasteiger partial charge in [0.15, 0.2) is 6.61 Å². The Hall–Kier alpha value is -2.84. The number of pyridine rings is 1. The van der Waals surface area contributed by atoms with Gasteiger partial charge in [0, 0.05) is 32.4 Å². The minimum Gasteiger partial charge on any atom is -0.467 e. The number of piperazine rings is 1. The number of carbonyl (C=O) groups is 1. The molecule has 2 heterocycles. The molecule has 0 unspecified atom stereocenters. The smallest absolute Gasteiger partial charge is 0.422 e. The van der Waals surface area contributed by atoms with Crippen LogP contribution in [0.3, 0.4) is 0 Å². The van der Waals surface area contributed by atoms with Crippen LogP contribution in [0.1, 0.15) is 10.4 Å². The van der Waals surface area contributed by atoms with Crippen LogP contribution in [-0.2, 0) is 0 Å². The van der Waals surface area contributed by atoms with Gasteiger partial charge in [-0.05, 0) is 24.3 Å². The molecule has 2 aromatic rings. The molecule has 0 saturated carbocycles. The maximum atomic E-state index is 13.9. The highest BCUT2D eigenvalue weighted by Gasteiger charge is 2.31. The van der Waals surface area contributed by atoms with Gasteiger partial charge in [-0.2, -0.15) is 13.2 Å². The highest BCUT2D eigenvalue weighted by Crippen LogP contribution is 2.24. The predicted octanol–water partition coefficient (Wildman–Crippen LogP) is 3.12. The van der Waals surface area contributed by atoms with Crippen molar-refractivity contribution in [1.82, 2.24) is 9.88 Å². The first-order valence-corrected chi connectivity index (χ1v) is 8.28. The Morgan fingerprint density at radius 3 is 2.44 bits per heavy atom. The van der Waals surface area contributed by atoms with Crippen LogP contribution < -0.4 is 9.64 Å². The second-order valence-electron chi connectivity index (χ2n) is 5.99. The fraction of sp³-hybridized carbons (Fsp3) is 0.333. The molecule has 0 radical (unpaired) electrons. The number of halogens is 4. The number of ether oxygens (including phenoxy) is 1. The molecule has 1 fully saturated rings. The van der Waals surface area contributed by atoms with Crippen LogP contribution in [0.15, 0.2) is 42.6 Å². The van der Waals surface area contributed by atoms with Crippen LogP contribution >= 0.6 is 0 Å². The molecule has 0 atom stereocenters. The fourth-order valence-corrected chi connectivity index (χ4v) is 2.85. The molecule has 1 aromatic carbocycles. The summed E-state index contributed by atoms with van der Waals surface area (Å²) in [5.74, 6) is -1.16. The Kier molecular flexibility index (Phi) is 5.48. The van der Waals surface area contributed by atoms with Crippen molar-refractivity contribution in [3.05, 3.63) is 54.0 Å². The lowest BCUT2D eigenvalue weighted by Gasteiger charge is -2.36. The van der Waals surface area contributed by atoms with Crippen molar-refractivity contribution in [3.63, 3.8) is 0 Å². The number of aromatic nitrogens is 1. The van der Waals surface area contributed by atoms with Gasteiger partial charge in [-0.25, -0.2) is 9.37 Å². The number of hydrogen-bond acceptors (Lipinski definition) is 4. The maximum Gasteiger partial charge on any atom is 0.422 e. The van der Waals surface area contributed by atoms with E-state index in [0.717, 1.165) is 0 Å². The number of para-hydroxylation sites is 1. The summed E-state index contributed by atoms with van der Waals surface area (Å²) in [6.07, 6.45) is -3.26. The summed E-state index contributed by atoms with van der Waals surface area (Å²) in [6.45, 7) is -0.0930. The highest BCUT2D eigenvalue weighted by atomic mass is 19.4. The van der Waals surface area contributed by atoms with Crippen LogP contribution in [0.2, 0.25) is 0 Å². The van der Waals surface area contributed by atoms with E-state index in [0.29, 0.717) is 31.9 Å². The lowest BCUT2D eigenvalue weighted by atomic mass is 10.2. The van der Waals surface area contributed by atoms with Gasteiger partial charge in [0.05, 0.1) is 5.69 Å². The standard InChI is InChI=1S/C18H17F4N3O2/c19-14-5-1-2-6-15(14)24-8-10-25(11-9-24)17(26)13-4-3-7-23-16(13)27-12-18(20,21)22/h1-7H,8-12H2. The first kappa shape index (κ1) is 18.9. The van der Waals surface area contributed by atoms with Crippen LogP contribution in [0.4, 0.5) is 23.2 Å². The van der Waals surface area contributed by atoms with Gasteiger partial charge in [0.25, 0.3) is 5.91 Å². The zero-order chi connectivity index (χ0) is 19.4. The molecular weight excluding hydrogens is 366 g/mol. The van der Waals surface area contributed by atoms with E-state index in [9.17, 15) is 22.4 Å². The van der Waals surface area contributed by atoms with Crippen molar-refractivity contribution in [2.45, 2.75) is 6.18 Å². The van der Waals surface area contributed by atoms with Gasteiger partial charge in [-0.15, -0.1) is 0 Å². The summed E-state index contributed by atoms with van der Waals surface area (Å²) in [6, 6.07) is 9.21. The molecule has 0 aliphatic carbocycles. The SMILES string of the molecule is O=C(c1cccnc1OCC(F)(F)F)N1CCN(c2ccccc2F)CC1. The number of benzene rings is 1. The molecule has 144 valence electrons. The van der Waals surface area contributed by atoms with Crippen LogP contribution in [0.25, 0.3) is 0 Å². The topological polar surface area (TPSA) is 45.7 Å². The van der Waals surface area contributed by atoms with Gasteiger partial charge < -0.3 is 14.5 Å². The number of nitrogens with zero attached hydrogens (tertiary/aromatic N) is 3. The van der Waals surface area contributed by atoms with Crippen molar-refractivity contribution >= 4 is 11.6 Å². The van der Waals surface area contributed by atoms with Crippen LogP contribution in [-0.4, -0.2) is 54.8 Å². The Balaban J connectivity index is 1.67. The first-order valence-electron chi connectivity index (χ1n) is 8.28. The number of amides is 1. The van der Waals surface area contributed by atoms with Gasteiger partial charge in [0.1, 0.15) is 11.4 Å². The van der Waals surface area contributed by atoms with Crippen molar-refractivity contribution in [2.24, 2.45) is 0 Å². The van der Waals surface area contributed by atoms with Crippen molar-refractivity contribution in [3.8, 4) is 5.88 Å². The molecule has 27 heavy (non-hydrogen) atoms. The van der Waals surface area contributed by atoms with E-state index in [1.807, 2.05) is 4.90 Å². The normalized spacial score (nSPS) is 15.0. The summed E-state index contributed by atoms with van der Waals surface area (Å²) in [7, 11) is 0. The molecule has 1 aliphatic heterocycles.